The Kier molecular flexibility index (Phi) is 4.82. The van der Waals surface area contributed by atoms with Gasteiger partial charge in [0.1, 0.15) is 5.82 Å². The fraction of sp³-hybridized carbons (Fsp3) is 0.316. The highest BCUT2D eigenvalue weighted by atomic mass is 79.9. The molecule has 0 N–H and O–H groups in total. The number of fused-ring (bicyclic) bond motifs is 1. The second-order valence-electron chi connectivity index (χ2n) is 6.98. The predicted molar refractivity (Wildman–Crippen MR) is 105 cm³/mol. The van der Waals surface area contributed by atoms with Crippen molar-refractivity contribution in [2.75, 3.05) is 23.0 Å². The van der Waals surface area contributed by atoms with Crippen LogP contribution in [0.3, 0.4) is 0 Å². The summed E-state index contributed by atoms with van der Waals surface area (Å²) >= 11 is 3.38. The van der Waals surface area contributed by atoms with Crippen molar-refractivity contribution in [2.45, 2.75) is 18.6 Å². The Labute approximate surface area is 165 Å². The first-order chi connectivity index (χ1) is 12.8. The molecule has 2 aromatic carbocycles. The summed E-state index contributed by atoms with van der Waals surface area (Å²) in [6, 6.07) is 12.7. The van der Waals surface area contributed by atoms with Gasteiger partial charge in [-0.3, -0.25) is 9.69 Å². The van der Waals surface area contributed by atoms with Crippen LogP contribution in [-0.2, 0) is 21.2 Å². The summed E-state index contributed by atoms with van der Waals surface area (Å²) in [5, 5.41) is 0. The summed E-state index contributed by atoms with van der Waals surface area (Å²) in [6.07, 6.45) is 0. The molecule has 0 unspecified atom stereocenters. The van der Waals surface area contributed by atoms with Gasteiger partial charge < -0.3 is 4.90 Å². The Balaban J connectivity index is 1.65. The first-order valence-electron chi connectivity index (χ1n) is 8.59. The lowest BCUT2D eigenvalue weighted by Crippen LogP contribution is -2.61. The number of sulfone groups is 1. The van der Waals surface area contributed by atoms with Crippen LogP contribution in [0.5, 0.6) is 0 Å². The molecule has 5 nitrogen and oxygen atoms in total. The van der Waals surface area contributed by atoms with Crippen molar-refractivity contribution in [1.82, 2.24) is 4.90 Å². The number of amides is 1. The number of benzene rings is 2. The third-order valence-corrected chi connectivity index (χ3v) is 7.33. The highest BCUT2D eigenvalue weighted by Gasteiger charge is 2.49. The molecule has 2 atom stereocenters. The van der Waals surface area contributed by atoms with E-state index in [9.17, 15) is 17.6 Å². The highest BCUT2D eigenvalue weighted by molar-refractivity contribution is 9.10. The predicted octanol–water partition coefficient (Wildman–Crippen LogP) is 2.60. The first-order valence-corrected chi connectivity index (χ1v) is 11.2. The summed E-state index contributed by atoms with van der Waals surface area (Å²) in [5.74, 6) is -0.465. The summed E-state index contributed by atoms with van der Waals surface area (Å²) in [6.45, 7) is 0.543. The summed E-state index contributed by atoms with van der Waals surface area (Å²) in [7, 11) is -3.24. The van der Waals surface area contributed by atoms with E-state index in [4.69, 9.17) is 0 Å². The standard InChI is InChI=1S/C19H18BrFN2O3S/c20-14-3-7-16(8-4-14)23-18-12-27(25,26)11-17(18)22(10-19(23)24)9-13-1-5-15(21)6-2-13/h1-8,17-18H,9-12H2/t17-,18+/m1/s1. The minimum atomic E-state index is -3.24. The number of carbonyl (C=O) groups excluding carboxylic acids is 1. The third kappa shape index (κ3) is 3.79. The van der Waals surface area contributed by atoms with Gasteiger partial charge in [-0.2, -0.15) is 0 Å². The topological polar surface area (TPSA) is 57.7 Å². The SMILES string of the molecule is O=C1CN(Cc2ccc(F)cc2)[C@@H]2CS(=O)(=O)C[C@@H]2N1c1ccc(Br)cc1. The number of carbonyl (C=O) groups is 1. The van der Waals surface area contributed by atoms with E-state index < -0.39 is 15.9 Å². The largest absolute Gasteiger partial charge is 0.306 e. The number of hydrogen-bond acceptors (Lipinski definition) is 4. The zero-order chi connectivity index (χ0) is 19.2. The van der Waals surface area contributed by atoms with Crippen molar-refractivity contribution in [3.8, 4) is 0 Å². The number of nitrogens with zero attached hydrogens (tertiary/aromatic N) is 2. The molecule has 2 aromatic rings. The van der Waals surface area contributed by atoms with Gasteiger partial charge in [-0.25, -0.2) is 12.8 Å². The molecular weight excluding hydrogens is 435 g/mol. The van der Waals surface area contributed by atoms with E-state index in [2.05, 4.69) is 15.9 Å². The van der Waals surface area contributed by atoms with Gasteiger partial charge in [0, 0.05) is 22.7 Å². The maximum Gasteiger partial charge on any atom is 0.241 e. The number of rotatable bonds is 3. The maximum atomic E-state index is 13.2. The van der Waals surface area contributed by atoms with E-state index in [0.29, 0.717) is 12.2 Å². The minimum absolute atomic E-state index is 0.0270. The number of piperazine rings is 1. The quantitative estimate of drug-likeness (QED) is 0.717. The Morgan fingerprint density at radius 3 is 2.30 bits per heavy atom. The average molecular weight is 453 g/mol. The third-order valence-electron chi connectivity index (χ3n) is 5.10. The van der Waals surface area contributed by atoms with Gasteiger partial charge >= 0.3 is 0 Å². The van der Waals surface area contributed by atoms with Crippen LogP contribution < -0.4 is 4.90 Å². The molecule has 27 heavy (non-hydrogen) atoms. The van der Waals surface area contributed by atoms with Gasteiger partial charge in [0.05, 0.1) is 24.1 Å². The van der Waals surface area contributed by atoms with Crippen LogP contribution in [0.15, 0.2) is 53.0 Å². The van der Waals surface area contributed by atoms with Gasteiger partial charge in [-0.1, -0.05) is 28.1 Å². The van der Waals surface area contributed by atoms with Crippen LogP contribution in [0.1, 0.15) is 5.56 Å². The van der Waals surface area contributed by atoms with Crippen LogP contribution in [0, 0.1) is 5.82 Å². The van der Waals surface area contributed by atoms with Gasteiger partial charge in [0.2, 0.25) is 5.91 Å². The van der Waals surface area contributed by atoms with Crippen molar-refractivity contribution >= 4 is 37.4 Å². The molecule has 2 aliphatic rings. The van der Waals surface area contributed by atoms with Crippen molar-refractivity contribution in [3.63, 3.8) is 0 Å². The number of hydrogen-bond donors (Lipinski definition) is 0. The molecular formula is C19H18BrFN2O3S. The second kappa shape index (κ2) is 7.00. The smallest absolute Gasteiger partial charge is 0.241 e. The Morgan fingerprint density at radius 2 is 1.63 bits per heavy atom. The molecule has 2 saturated heterocycles. The maximum absolute atomic E-state index is 13.2. The van der Waals surface area contributed by atoms with E-state index in [-0.39, 0.29) is 35.8 Å². The Morgan fingerprint density at radius 1 is 1.00 bits per heavy atom. The molecule has 4 rings (SSSR count). The Bertz CT molecular complexity index is 963. The molecule has 0 aliphatic carbocycles. The lowest BCUT2D eigenvalue weighted by molar-refractivity contribution is -0.123. The van der Waals surface area contributed by atoms with Crippen LogP contribution in [0.25, 0.3) is 0 Å². The minimum Gasteiger partial charge on any atom is -0.306 e. The van der Waals surface area contributed by atoms with Gasteiger partial charge in [-0.05, 0) is 42.0 Å². The molecule has 2 heterocycles. The molecule has 0 spiro atoms. The second-order valence-corrected chi connectivity index (χ2v) is 10.1. The highest BCUT2D eigenvalue weighted by Crippen LogP contribution is 2.33. The average Bonchev–Trinajstić information content (AvgIpc) is 2.93. The van der Waals surface area contributed by atoms with Crippen LogP contribution in [0.2, 0.25) is 0 Å². The zero-order valence-electron chi connectivity index (χ0n) is 14.4. The summed E-state index contributed by atoms with van der Waals surface area (Å²) in [5.41, 5.74) is 1.56. The van der Waals surface area contributed by atoms with E-state index in [1.807, 2.05) is 29.2 Å². The molecule has 0 aromatic heterocycles. The Hall–Kier alpha value is -1.77. The summed E-state index contributed by atoms with van der Waals surface area (Å²) < 4.78 is 38.8. The van der Waals surface area contributed by atoms with Crippen molar-refractivity contribution in [1.29, 1.82) is 0 Å². The molecule has 0 bridgehead atoms. The molecule has 0 saturated carbocycles. The van der Waals surface area contributed by atoms with Crippen LogP contribution in [-0.4, -0.2) is 49.4 Å². The lowest BCUT2D eigenvalue weighted by Gasteiger charge is -2.43. The van der Waals surface area contributed by atoms with Gasteiger partial charge in [0.25, 0.3) is 0 Å². The van der Waals surface area contributed by atoms with Crippen molar-refractivity contribution in [2.24, 2.45) is 0 Å². The number of anilines is 1. The van der Waals surface area contributed by atoms with E-state index in [0.717, 1.165) is 10.0 Å². The van der Waals surface area contributed by atoms with Crippen molar-refractivity contribution < 1.29 is 17.6 Å². The fourth-order valence-electron chi connectivity index (χ4n) is 3.89. The first kappa shape index (κ1) is 18.6. The van der Waals surface area contributed by atoms with E-state index in [1.54, 1.807) is 17.0 Å². The fourth-order valence-corrected chi connectivity index (χ4v) is 6.14. The van der Waals surface area contributed by atoms with Crippen LogP contribution >= 0.6 is 15.9 Å². The van der Waals surface area contributed by atoms with E-state index in [1.165, 1.54) is 12.1 Å². The molecule has 2 fully saturated rings. The molecule has 1 amide bonds. The van der Waals surface area contributed by atoms with Crippen LogP contribution in [0.4, 0.5) is 10.1 Å². The molecule has 142 valence electrons. The lowest BCUT2D eigenvalue weighted by atomic mass is 10.0. The normalized spacial score (nSPS) is 24.8. The molecule has 2 aliphatic heterocycles. The van der Waals surface area contributed by atoms with Crippen molar-refractivity contribution in [3.05, 3.63) is 64.4 Å². The van der Waals surface area contributed by atoms with E-state index >= 15 is 0 Å². The van der Waals surface area contributed by atoms with Gasteiger partial charge in [-0.15, -0.1) is 0 Å². The molecule has 8 heteroatoms. The monoisotopic (exact) mass is 452 g/mol. The van der Waals surface area contributed by atoms with Gasteiger partial charge in [0.15, 0.2) is 9.84 Å². The number of halogens is 2. The molecule has 0 radical (unpaired) electrons. The zero-order valence-corrected chi connectivity index (χ0v) is 16.8. The summed E-state index contributed by atoms with van der Waals surface area (Å²) in [4.78, 5) is 16.4.